The topological polar surface area (TPSA) is 150 Å². The fraction of sp³-hybridized carbons (Fsp3) is 0.756. The Morgan fingerprint density at radius 1 is 0.525 bits per heavy atom. The summed E-state index contributed by atoms with van der Waals surface area (Å²) in [5.41, 5.74) is -3.05. The summed E-state index contributed by atoms with van der Waals surface area (Å²) in [5.74, 6) is -1.98. The minimum Gasteiger partial charge on any atom is -0.493 e. The molecule has 0 aromatic heterocycles. The predicted molar refractivity (Wildman–Crippen MR) is 228 cm³/mol. The van der Waals surface area contributed by atoms with Gasteiger partial charge in [-0.15, -0.1) is 0 Å². The molecule has 0 saturated heterocycles. The van der Waals surface area contributed by atoms with Crippen molar-refractivity contribution in [2.24, 2.45) is 0 Å². The average Bonchev–Trinajstić information content (AvgIpc) is 2.99. The molecule has 1 aromatic carbocycles. The molecular weight excluding hydrogens is 759 g/mol. The first kappa shape index (κ1) is 53.3. The van der Waals surface area contributed by atoms with Crippen LogP contribution in [0.4, 0.5) is 0 Å². The van der Waals surface area contributed by atoms with E-state index in [4.69, 9.17) is 28.4 Å². The monoisotopic (exact) mass is 836 g/mol. The van der Waals surface area contributed by atoms with Gasteiger partial charge in [-0.3, -0.25) is 38.7 Å². The van der Waals surface area contributed by atoms with E-state index >= 15 is 0 Å². The first-order valence-corrected chi connectivity index (χ1v) is 20.8. The van der Waals surface area contributed by atoms with Gasteiger partial charge in [-0.25, -0.2) is 0 Å². The Kier molecular flexibility index (Phi) is 21.0. The van der Waals surface area contributed by atoms with Crippen LogP contribution in [0.5, 0.6) is 5.75 Å². The molecule has 0 aliphatic carbocycles. The second-order valence-corrected chi connectivity index (χ2v) is 20.0. The highest BCUT2D eigenvalue weighted by Gasteiger charge is 2.32. The standard InChI is InChI=1S/C45H77N3O11/c1-17-18-25-54-35-22-20-19-21-33(35)26-34(48(31-39(52)58-44(11,12)13)32-40(53)59-45(14,15)16)27-46(28-36(49)55-41(2,3)4)23-24-47(29-37(50)56-42(5,6)7)30-38(51)57-43(8,9)10/h19-22,34H,17-18,23-32H2,1-16H3. The van der Waals surface area contributed by atoms with Gasteiger partial charge in [0.1, 0.15) is 33.8 Å². The molecule has 14 nitrogen and oxygen atoms in total. The summed E-state index contributed by atoms with van der Waals surface area (Å²) in [7, 11) is 0. The Morgan fingerprint density at radius 3 is 1.27 bits per heavy atom. The van der Waals surface area contributed by atoms with E-state index in [-0.39, 0.29) is 52.4 Å². The Bertz CT molecular complexity index is 1430. The van der Waals surface area contributed by atoms with Crippen LogP contribution in [0.25, 0.3) is 0 Å². The van der Waals surface area contributed by atoms with Gasteiger partial charge in [0.25, 0.3) is 0 Å². The molecule has 0 heterocycles. The molecule has 14 heteroatoms. The fourth-order valence-electron chi connectivity index (χ4n) is 5.79. The van der Waals surface area contributed by atoms with Crippen LogP contribution >= 0.6 is 0 Å². The van der Waals surface area contributed by atoms with Crippen LogP contribution in [-0.4, -0.2) is 138 Å². The lowest BCUT2D eigenvalue weighted by molar-refractivity contribution is -0.162. The van der Waals surface area contributed by atoms with Crippen molar-refractivity contribution in [3.63, 3.8) is 0 Å². The normalized spacial score (nSPS) is 13.3. The van der Waals surface area contributed by atoms with E-state index in [2.05, 4.69) is 6.92 Å². The van der Waals surface area contributed by atoms with Crippen molar-refractivity contribution < 1.29 is 52.4 Å². The molecule has 0 radical (unpaired) electrons. The van der Waals surface area contributed by atoms with Crippen molar-refractivity contribution in [3.8, 4) is 5.75 Å². The molecule has 0 saturated carbocycles. The van der Waals surface area contributed by atoms with Crippen LogP contribution in [0.2, 0.25) is 0 Å². The molecule has 1 unspecified atom stereocenters. The number of hydrogen-bond donors (Lipinski definition) is 0. The first-order chi connectivity index (χ1) is 26.8. The third kappa shape index (κ3) is 26.9. The Hall–Kier alpha value is -3.75. The van der Waals surface area contributed by atoms with Crippen LogP contribution < -0.4 is 4.74 Å². The number of nitrogens with zero attached hydrogens (tertiary/aromatic N) is 3. The van der Waals surface area contributed by atoms with E-state index in [0.29, 0.717) is 18.8 Å². The summed E-state index contributed by atoms with van der Waals surface area (Å²) >= 11 is 0. The van der Waals surface area contributed by atoms with E-state index in [9.17, 15) is 24.0 Å². The molecule has 0 spiro atoms. The molecule has 1 atom stereocenters. The second-order valence-electron chi connectivity index (χ2n) is 20.0. The van der Waals surface area contributed by atoms with Gasteiger partial charge in [0.05, 0.1) is 39.3 Å². The Balaban J connectivity index is 3.85. The zero-order chi connectivity index (χ0) is 45.4. The number of carbonyl (C=O) groups is 5. The zero-order valence-corrected chi connectivity index (χ0v) is 39.2. The quantitative estimate of drug-likeness (QED) is 0.0721. The third-order valence-electron chi connectivity index (χ3n) is 7.72. The summed E-state index contributed by atoms with van der Waals surface area (Å²) in [5, 5.41) is 0. The molecule has 1 aromatic rings. The average molecular weight is 836 g/mol. The number of benzene rings is 1. The van der Waals surface area contributed by atoms with E-state index in [1.54, 1.807) is 114 Å². The summed E-state index contributed by atoms with van der Waals surface area (Å²) in [4.78, 5) is 72.0. The number of ether oxygens (including phenoxy) is 6. The van der Waals surface area contributed by atoms with Crippen LogP contribution in [0.3, 0.4) is 0 Å². The zero-order valence-electron chi connectivity index (χ0n) is 39.2. The summed E-state index contributed by atoms with van der Waals surface area (Å²) in [6.45, 7) is 28.4. The fourth-order valence-corrected chi connectivity index (χ4v) is 5.79. The largest absolute Gasteiger partial charge is 0.493 e. The van der Waals surface area contributed by atoms with Crippen molar-refractivity contribution in [1.82, 2.24) is 14.7 Å². The van der Waals surface area contributed by atoms with Crippen LogP contribution in [0.1, 0.15) is 129 Å². The summed E-state index contributed by atoms with van der Waals surface area (Å²) < 4.78 is 34.7. The van der Waals surface area contributed by atoms with Crippen molar-refractivity contribution in [2.75, 3.05) is 59.0 Å². The van der Waals surface area contributed by atoms with Crippen molar-refractivity contribution in [1.29, 1.82) is 0 Å². The SMILES string of the molecule is CCCCOc1ccccc1CC(CN(CCN(CC(=O)OC(C)(C)C)CC(=O)OC(C)(C)C)CC(=O)OC(C)(C)C)N(CC(=O)OC(C)(C)C)CC(=O)OC(C)(C)C. The van der Waals surface area contributed by atoms with E-state index in [1.165, 1.54) is 0 Å². The number of unbranched alkanes of at least 4 members (excludes halogenated alkanes) is 1. The van der Waals surface area contributed by atoms with Gasteiger partial charge in [-0.1, -0.05) is 31.5 Å². The Morgan fingerprint density at radius 2 is 0.881 bits per heavy atom. The van der Waals surface area contributed by atoms with Gasteiger partial charge in [-0.05, 0) is 128 Å². The smallest absolute Gasteiger partial charge is 0.320 e. The van der Waals surface area contributed by atoms with Crippen molar-refractivity contribution in [2.45, 2.75) is 164 Å². The van der Waals surface area contributed by atoms with Crippen LogP contribution in [0.15, 0.2) is 24.3 Å². The van der Waals surface area contributed by atoms with E-state index in [0.717, 1.165) is 18.4 Å². The van der Waals surface area contributed by atoms with E-state index < -0.39 is 63.9 Å². The lowest BCUT2D eigenvalue weighted by Gasteiger charge is -2.36. The minimum absolute atomic E-state index is 0.140. The van der Waals surface area contributed by atoms with Gasteiger partial charge < -0.3 is 28.4 Å². The van der Waals surface area contributed by atoms with Gasteiger partial charge in [-0.2, -0.15) is 0 Å². The lowest BCUT2D eigenvalue weighted by atomic mass is 10.0. The van der Waals surface area contributed by atoms with Gasteiger partial charge >= 0.3 is 29.8 Å². The number of rotatable bonds is 22. The highest BCUT2D eigenvalue weighted by atomic mass is 16.6. The molecule has 0 aliphatic heterocycles. The lowest BCUT2D eigenvalue weighted by Crippen LogP contribution is -2.52. The number of hydrogen-bond acceptors (Lipinski definition) is 14. The van der Waals surface area contributed by atoms with Gasteiger partial charge in [0.2, 0.25) is 0 Å². The number of para-hydroxylation sites is 1. The number of esters is 5. The van der Waals surface area contributed by atoms with Crippen molar-refractivity contribution >= 4 is 29.8 Å². The molecule has 0 bridgehead atoms. The molecule has 0 amide bonds. The maximum Gasteiger partial charge on any atom is 0.320 e. The van der Waals surface area contributed by atoms with Gasteiger partial charge in [0, 0.05) is 25.7 Å². The predicted octanol–water partition coefficient (Wildman–Crippen LogP) is 6.39. The molecule has 338 valence electrons. The molecule has 0 N–H and O–H groups in total. The maximum atomic E-state index is 13.6. The summed E-state index contributed by atoms with van der Waals surface area (Å²) in [6, 6.07) is 7.01. The highest BCUT2D eigenvalue weighted by molar-refractivity contribution is 5.76. The Labute approximate surface area is 354 Å². The molecule has 59 heavy (non-hydrogen) atoms. The second kappa shape index (κ2) is 23.3. The molecular formula is C45H77N3O11. The maximum absolute atomic E-state index is 13.6. The van der Waals surface area contributed by atoms with Crippen LogP contribution in [-0.2, 0) is 54.1 Å². The minimum atomic E-state index is -0.793. The van der Waals surface area contributed by atoms with Gasteiger partial charge in [0.15, 0.2) is 0 Å². The van der Waals surface area contributed by atoms with Crippen LogP contribution in [0, 0.1) is 0 Å². The highest BCUT2D eigenvalue weighted by Crippen LogP contribution is 2.24. The first-order valence-electron chi connectivity index (χ1n) is 20.8. The van der Waals surface area contributed by atoms with Crippen molar-refractivity contribution in [3.05, 3.63) is 29.8 Å². The third-order valence-corrected chi connectivity index (χ3v) is 7.72. The molecule has 0 aliphatic rings. The number of carbonyl (C=O) groups excluding carboxylic acids is 5. The summed E-state index contributed by atoms with van der Waals surface area (Å²) in [6.07, 6.45) is 2.11. The molecule has 0 fully saturated rings. The molecule has 1 rings (SSSR count). The van der Waals surface area contributed by atoms with E-state index in [1.807, 2.05) is 29.2 Å².